The molecular formula is C26H27Cl2N5O3. The van der Waals surface area contributed by atoms with Crippen molar-refractivity contribution in [3.8, 4) is 5.75 Å². The van der Waals surface area contributed by atoms with E-state index in [1.807, 2.05) is 31.1 Å². The molecule has 1 fully saturated rings. The van der Waals surface area contributed by atoms with E-state index in [-0.39, 0.29) is 11.7 Å². The number of nitrogens with one attached hydrogen (secondary N) is 3. The molecule has 2 aromatic carbocycles. The summed E-state index contributed by atoms with van der Waals surface area (Å²) in [6, 6.07) is 13.3. The van der Waals surface area contributed by atoms with Gasteiger partial charge in [-0.05, 0) is 68.4 Å². The fourth-order valence-electron chi connectivity index (χ4n) is 3.80. The number of aromatic nitrogens is 1. The Hall–Kier alpha value is -3.33. The van der Waals surface area contributed by atoms with Crippen LogP contribution in [0.15, 0.2) is 54.7 Å². The van der Waals surface area contributed by atoms with Gasteiger partial charge in [0.05, 0.1) is 21.8 Å². The molecule has 0 spiro atoms. The van der Waals surface area contributed by atoms with Crippen LogP contribution in [0.5, 0.6) is 5.75 Å². The van der Waals surface area contributed by atoms with Crippen LogP contribution in [-0.4, -0.2) is 50.1 Å². The van der Waals surface area contributed by atoms with Crippen LogP contribution in [-0.2, 0) is 0 Å². The molecule has 0 bridgehead atoms. The predicted octanol–water partition coefficient (Wildman–Crippen LogP) is 5.09. The van der Waals surface area contributed by atoms with Gasteiger partial charge >= 0.3 is 0 Å². The normalized spacial score (nSPS) is 13.7. The number of benzene rings is 2. The summed E-state index contributed by atoms with van der Waals surface area (Å²) >= 11 is 12.0. The first-order valence-corrected chi connectivity index (χ1v) is 12.3. The smallest absolute Gasteiger partial charge is 0.259 e. The predicted molar refractivity (Wildman–Crippen MR) is 144 cm³/mol. The summed E-state index contributed by atoms with van der Waals surface area (Å²) in [6.07, 6.45) is 3.15. The molecule has 188 valence electrons. The van der Waals surface area contributed by atoms with Crippen LogP contribution in [0.4, 0.5) is 17.2 Å². The number of hydrogen-bond donors (Lipinski definition) is 3. The van der Waals surface area contributed by atoms with Crippen LogP contribution < -0.4 is 25.6 Å². The van der Waals surface area contributed by atoms with E-state index >= 15 is 0 Å². The van der Waals surface area contributed by atoms with Gasteiger partial charge < -0.3 is 25.6 Å². The Morgan fingerprint density at radius 2 is 1.67 bits per heavy atom. The van der Waals surface area contributed by atoms with Gasteiger partial charge in [-0.1, -0.05) is 23.2 Å². The van der Waals surface area contributed by atoms with Crippen molar-refractivity contribution in [1.82, 2.24) is 10.3 Å². The Balaban J connectivity index is 1.59. The number of pyridine rings is 1. The number of anilines is 3. The second-order valence-corrected chi connectivity index (χ2v) is 9.47. The van der Waals surface area contributed by atoms with Gasteiger partial charge in [0.2, 0.25) is 0 Å². The molecule has 36 heavy (non-hydrogen) atoms. The highest BCUT2D eigenvalue weighted by atomic mass is 35.5. The van der Waals surface area contributed by atoms with Crippen molar-refractivity contribution >= 4 is 52.2 Å². The average molecular weight is 528 g/mol. The quantitative estimate of drug-likeness (QED) is 0.396. The number of carbonyl (C=O) groups is 2. The molecule has 1 aliphatic rings. The van der Waals surface area contributed by atoms with E-state index < -0.39 is 11.8 Å². The summed E-state index contributed by atoms with van der Waals surface area (Å²) in [4.78, 5) is 32.4. The summed E-state index contributed by atoms with van der Waals surface area (Å²) in [5.74, 6) is -0.0588. The van der Waals surface area contributed by atoms with Crippen molar-refractivity contribution < 1.29 is 14.3 Å². The van der Waals surface area contributed by atoms with Crippen molar-refractivity contribution in [3.63, 3.8) is 0 Å². The fourth-order valence-corrected chi connectivity index (χ4v) is 4.09. The first-order chi connectivity index (χ1) is 17.3. The number of rotatable bonds is 7. The van der Waals surface area contributed by atoms with E-state index in [9.17, 15) is 9.59 Å². The van der Waals surface area contributed by atoms with Gasteiger partial charge in [-0.2, -0.15) is 0 Å². The first kappa shape index (κ1) is 25.8. The van der Waals surface area contributed by atoms with Gasteiger partial charge in [-0.15, -0.1) is 0 Å². The second kappa shape index (κ2) is 11.6. The SMILES string of the molecule is CN(C)c1ccc(C(=O)Nc2ccc(Cl)cc2C(=O)Nc2ccc(Cl)cn2)c(OC2CCNCC2)c1. The molecular weight excluding hydrogens is 501 g/mol. The second-order valence-electron chi connectivity index (χ2n) is 8.60. The highest BCUT2D eigenvalue weighted by Crippen LogP contribution is 2.29. The van der Waals surface area contributed by atoms with E-state index in [0.29, 0.717) is 32.9 Å². The van der Waals surface area contributed by atoms with E-state index in [2.05, 4.69) is 20.9 Å². The maximum atomic E-state index is 13.4. The molecule has 1 aromatic heterocycles. The lowest BCUT2D eigenvalue weighted by Gasteiger charge is -2.26. The Labute approximate surface area is 219 Å². The van der Waals surface area contributed by atoms with Crippen molar-refractivity contribution in [1.29, 1.82) is 0 Å². The largest absolute Gasteiger partial charge is 0.489 e. The molecule has 8 nitrogen and oxygen atoms in total. The number of halogens is 2. The lowest BCUT2D eigenvalue weighted by atomic mass is 10.1. The molecule has 4 rings (SSSR count). The van der Waals surface area contributed by atoms with Gasteiger partial charge in [0.15, 0.2) is 0 Å². The van der Waals surface area contributed by atoms with Crippen molar-refractivity contribution in [2.45, 2.75) is 18.9 Å². The number of nitrogens with zero attached hydrogens (tertiary/aromatic N) is 2. The summed E-state index contributed by atoms with van der Waals surface area (Å²) in [7, 11) is 3.86. The van der Waals surface area contributed by atoms with Crippen LogP contribution >= 0.6 is 23.2 Å². The van der Waals surface area contributed by atoms with E-state index in [1.54, 1.807) is 30.3 Å². The third-order valence-electron chi connectivity index (χ3n) is 5.75. The maximum Gasteiger partial charge on any atom is 0.259 e. The average Bonchev–Trinajstić information content (AvgIpc) is 2.87. The minimum atomic E-state index is -0.475. The van der Waals surface area contributed by atoms with Crippen LogP contribution in [0.3, 0.4) is 0 Å². The van der Waals surface area contributed by atoms with E-state index in [4.69, 9.17) is 27.9 Å². The lowest BCUT2D eigenvalue weighted by molar-refractivity contribution is 0.101. The molecule has 10 heteroatoms. The number of ether oxygens (including phenoxy) is 1. The van der Waals surface area contributed by atoms with Gasteiger partial charge in [-0.3, -0.25) is 9.59 Å². The molecule has 0 saturated carbocycles. The molecule has 1 saturated heterocycles. The summed E-state index contributed by atoms with van der Waals surface area (Å²) in [6.45, 7) is 1.73. The fraction of sp³-hybridized carbons (Fsp3) is 0.269. The van der Waals surface area contributed by atoms with Gasteiger partial charge in [0.25, 0.3) is 11.8 Å². The minimum Gasteiger partial charge on any atom is -0.489 e. The zero-order chi connectivity index (χ0) is 25.7. The van der Waals surface area contributed by atoms with E-state index in [0.717, 1.165) is 31.6 Å². The Morgan fingerprint density at radius 3 is 2.36 bits per heavy atom. The first-order valence-electron chi connectivity index (χ1n) is 11.5. The van der Waals surface area contributed by atoms with Gasteiger partial charge in [0.1, 0.15) is 17.7 Å². The molecule has 0 aliphatic carbocycles. The van der Waals surface area contributed by atoms with Crippen LogP contribution in [0, 0.1) is 0 Å². The lowest BCUT2D eigenvalue weighted by Crippen LogP contribution is -2.34. The Bertz CT molecular complexity index is 1240. The number of piperidine rings is 1. The third kappa shape index (κ3) is 6.46. The Morgan fingerprint density at radius 1 is 0.944 bits per heavy atom. The molecule has 1 aliphatic heterocycles. The van der Waals surface area contributed by atoms with Crippen LogP contribution in [0.1, 0.15) is 33.6 Å². The number of hydrogen-bond acceptors (Lipinski definition) is 6. The highest BCUT2D eigenvalue weighted by Gasteiger charge is 2.22. The minimum absolute atomic E-state index is 0.0129. The molecule has 0 atom stereocenters. The molecule has 2 amide bonds. The molecule has 3 aromatic rings. The number of amides is 2. The third-order valence-corrected chi connectivity index (χ3v) is 6.21. The molecule has 3 N–H and O–H groups in total. The molecule has 0 unspecified atom stereocenters. The zero-order valence-corrected chi connectivity index (χ0v) is 21.5. The molecule has 2 heterocycles. The highest BCUT2D eigenvalue weighted by molar-refractivity contribution is 6.31. The van der Waals surface area contributed by atoms with Gasteiger partial charge in [-0.25, -0.2) is 4.98 Å². The Kier molecular flexibility index (Phi) is 8.30. The monoisotopic (exact) mass is 527 g/mol. The summed E-state index contributed by atoms with van der Waals surface area (Å²) in [5.41, 5.74) is 1.79. The topological polar surface area (TPSA) is 95.6 Å². The van der Waals surface area contributed by atoms with Crippen molar-refractivity contribution in [3.05, 3.63) is 75.9 Å². The van der Waals surface area contributed by atoms with Crippen LogP contribution in [0.25, 0.3) is 0 Å². The summed E-state index contributed by atoms with van der Waals surface area (Å²) in [5, 5.41) is 9.67. The standard InChI is InChI=1S/C26H27Cl2N5O3/c1-33(2)18-5-6-20(23(14-18)36-19-9-11-29-12-10-19)25(34)31-22-7-3-16(27)13-21(22)26(35)32-24-8-4-17(28)15-30-24/h3-8,13-15,19,29H,9-12H2,1-2H3,(H,31,34)(H,30,32,35). The van der Waals surface area contributed by atoms with Crippen LogP contribution in [0.2, 0.25) is 10.0 Å². The molecule has 0 radical (unpaired) electrons. The van der Waals surface area contributed by atoms with Crippen molar-refractivity contribution in [2.75, 3.05) is 42.7 Å². The maximum absolute atomic E-state index is 13.4. The zero-order valence-electron chi connectivity index (χ0n) is 20.0. The van der Waals surface area contributed by atoms with E-state index in [1.165, 1.54) is 12.3 Å². The summed E-state index contributed by atoms with van der Waals surface area (Å²) < 4.78 is 6.27. The van der Waals surface area contributed by atoms with Gasteiger partial charge in [0, 0.05) is 37.1 Å². The number of carbonyl (C=O) groups excluding carboxylic acids is 2. The van der Waals surface area contributed by atoms with Crippen molar-refractivity contribution in [2.24, 2.45) is 0 Å².